The first-order valence-corrected chi connectivity index (χ1v) is 8.89. The molecule has 2 aliphatic rings. The van der Waals surface area contributed by atoms with E-state index in [0.29, 0.717) is 17.0 Å². The van der Waals surface area contributed by atoms with Gasteiger partial charge in [0.2, 0.25) is 5.66 Å². The van der Waals surface area contributed by atoms with Crippen molar-refractivity contribution >= 4 is 17.6 Å². The first kappa shape index (κ1) is 17.9. The van der Waals surface area contributed by atoms with Crippen LogP contribution in [-0.4, -0.2) is 28.2 Å². The lowest BCUT2D eigenvalue weighted by atomic mass is 9.98. The SMILES string of the molecule is CC1=CN2C(=O)C(Cc3ccc(F)cc3)(NC(=O)c3ccccc3)N=C2C=C1. The topological polar surface area (TPSA) is 61.8 Å². The van der Waals surface area contributed by atoms with Crippen LogP contribution < -0.4 is 5.32 Å². The monoisotopic (exact) mass is 375 g/mol. The molecule has 28 heavy (non-hydrogen) atoms. The second-order valence-electron chi connectivity index (χ2n) is 6.84. The van der Waals surface area contributed by atoms with Gasteiger partial charge in [-0.05, 0) is 48.4 Å². The van der Waals surface area contributed by atoms with Gasteiger partial charge >= 0.3 is 0 Å². The maximum absolute atomic E-state index is 13.3. The summed E-state index contributed by atoms with van der Waals surface area (Å²) in [4.78, 5) is 32.1. The number of benzene rings is 2. The van der Waals surface area contributed by atoms with Crippen molar-refractivity contribution in [3.63, 3.8) is 0 Å². The third kappa shape index (κ3) is 3.24. The molecular weight excluding hydrogens is 357 g/mol. The Morgan fingerprint density at radius 1 is 1.11 bits per heavy atom. The molecule has 6 heteroatoms. The molecular formula is C22H18FN3O2. The van der Waals surface area contributed by atoms with E-state index in [-0.39, 0.29) is 18.1 Å². The van der Waals surface area contributed by atoms with Crippen molar-refractivity contribution in [3.8, 4) is 0 Å². The third-order valence-electron chi connectivity index (χ3n) is 4.68. The van der Waals surface area contributed by atoms with Crippen molar-refractivity contribution in [2.75, 3.05) is 0 Å². The number of carbonyl (C=O) groups excluding carboxylic acids is 2. The summed E-state index contributed by atoms with van der Waals surface area (Å²) in [5.74, 6) is -0.648. The fourth-order valence-electron chi connectivity index (χ4n) is 3.28. The number of nitrogens with zero attached hydrogens (tertiary/aromatic N) is 2. The van der Waals surface area contributed by atoms with Crippen LogP contribution in [-0.2, 0) is 11.2 Å². The zero-order valence-electron chi connectivity index (χ0n) is 15.2. The van der Waals surface area contributed by atoms with Gasteiger partial charge < -0.3 is 5.32 Å². The van der Waals surface area contributed by atoms with Gasteiger partial charge in [0.05, 0.1) is 0 Å². The first-order valence-electron chi connectivity index (χ1n) is 8.89. The lowest BCUT2D eigenvalue weighted by Crippen LogP contribution is -2.55. The van der Waals surface area contributed by atoms with Crippen LogP contribution in [0, 0.1) is 5.82 Å². The molecule has 5 nitrogen and oxygen atoms in total. The summed E-state index contributed by atoms with van der Waals surface area (Å²) in [5, 5.41) is 2.82. The van der Waals surface area contributed by atoms with Gasteiger partial charge in [0.15, 0.2) is 0 Å². The molecule has 0 saturated heterocycles. The van der Waals surface area contributed by atoms with Crippen LogP contribution in [0.5, 0.6) is 0 Å². The third-order valence-corrected chi connectivity index (χ3v) is 4.68. The van der Waals surface area contributed by atoms with E-state index in [9.17, 15) is 14.0 Å². The van der Waals surface area contributed by atoms with Crippen LogP contribution >= 0.6 is 0 Å². The average molecular weight is 375 g/mol. The van der Waals surface area contributed by atoms with Crippen LogP contribution in [0.4, 0.5) is 4.39 Å². The summed E-state index contributed by atoms with van der Waals surface area (Å²) in [6.07, 6.45) is 5.41. The van der Waals surface area contributed by atoms with Crippen LogP contribution in [0.25, 0.3) is 0 Å². The second-order valence-corrected chi connectivity index (χ2v) is 6.84. The molecule has 140 valence electrons. The number of carbonyl (C=O) groups is 2. The molecule has 2 aromatic carbocycles. The number of halogens is 1. The normalized spacial score (nSPS) is 20.5. The predicted molar refractivity (Wildman–Crippen MR) is 104 cm³/mol. The molecule has 2 aliphatic heterocycles. The molecule has 0 aromatic heterocycles. The molecule has 0 aliphatic carbocycles. The van der Waals surface area contributed by atoms with E-state index in [2.05, 4.69) is 10.3 Å². The predicted octanol–water partition coefficient (Wildman–Crippen LogP) is 3.21. The van der Waals surface area contributed by atoms with Crippen LogP contribution in [0.3, 0.4) is 0 Å². The summed E-state index contributed by atoms with van der Waals surface area (Å²) in [6, 6.07) is 14.5. The van der Waals surface area contributed by atoms with Gasteiger partial charge in [-0.3, -0.25) is 14.5 Å². The second kappa shape index (κ2) is 6.88. The van der Waals surface area contributed by atoms with E-state index < -0.39 is 11.6 Å². The zero-order chi connectivity index (χ0) is 19.7. The van der Waals surface area contributed by atoms with Gasteiger partial charge in [-0.1, -0.05) is 36.4 Å². The molecule has 0 bridgehead atoms. The summed E-state index contributed by atoms with van der Waals surface area (Å²) in [5.41, 5.74) is 0.531. The Kier molecular flexibility index (Phi) is 4.39. The van der Waals surface area contributed by atoms with Crippen molar-refractivity contribution in [3.05, 3.63) is 95.5 Å². The fraction of sp³-hybridized carbons (Fsp3) is 0.136. The number of fused-ring (bicyclic) bond motifs is 1. The molecule has 0 spiro atoms. The van der Waals surface area contributed by atoms with E-state index in [1.165, 1.54) is 17.0 Å². The molecule has 0 radical (unpaired) electrons. The lowest BCUT2D eigenvalue weighted by Gasteiger charge is -2.27. The summed E-state index contributed by atoms with van der Waals surface area (Å²) >= 11 is 0. The van der Waals surface area contributed by atoms with Gasteiger partial charge in [0.1, 0.15) is 11.7 Å². The Hall–Kier alpha value is -3.54. The first-order chi connectivity index (χ1) is 13.5. The van der Waals surface area contributed by atoms with E-state index in [1.54, 1.807) is 48.7 Å². The van der Waals surface area contributed by atoms with Gasteiger partial charge in [0, 0.05) is 18.2 Å². The number of hydrogen-bond acceptors (Lipinski definition) is 3. The summed E-state index contributed by atoms with van der Waals surface area (Å²) in [6.45, 7) is 1.88. The van der Waals surface area contributed by atoms with Crippen molar-refractivity contribution in [1.29, 1.82) is 0 Å². The molecule has 0 saturated carbocycles. The van der Waals surface area contributed by atoms with Crippen molar-refractivity contribution in [2.24, 2.45) is 4.99 Å². The molecule has 1 atom stereocenters. The molecule has 4 rings (SSSR count). The minimum Gasteiger partial charge on any atom is -0.320 e. The molecule has 1 unspecified atom stereocenters. The Morgan fingerprint density at radius 2 is 1.82 bits per heavy atom. The highest BCUT2D eigenvalue weighted by Gasteiger charge is 2.49. The maximum Gasteiger partial charge on any atom is 0.281 e. The number of amides is 2. The smallest absolute Gasteiger partial charge is 0.281 e. The number of amidine groups is 1. The van der Waals surface area contributed by atoms with Gasteiger partial charge in [-0.25, -0.2) is 9.38 Å². The minimum absolute atomic E-state index is 0.116. The van der Waals surface area contributed by atoms with E-state index in [1.807, 2.05) is 19.1 Å². The van der Waals surface area contributed by atoms with Crippen molar-refractivity contribution in [1.82, 2.24) is 10.2 Å². The van der Waals surface area contributed by atoms with Crippen LogP contribution in [0.1, 0.15) is 22.8 Å². The molecule has 0 fully saturated rings. The zero-order valence-corrected chi connectivity index (χ0v) is 15.2. The highest BCUT2D eigenvalue weighted by molar-refractivity contribution is 6.15. The number of hydrogen-bond donors (Lipinski definition) is 1. The number of rotatable bonds is 4. The fourth-order valence-corrected chi connectivity index (χ4v) is 3.28. The average Bonchev–Trinajstić information content (AvgIpc) is 2.96. The summed E-state index contributed by atoms with van der Waals surface area (Å²) in [7, 11) is 0. The number of allylic oxidation sites excluding steroid dienone is 2. The highest BCUT2D eigenvalue weighted by atomic mass is 19.1. The van der Waals surface area contributed by atoms with Crippen molar-refractivity contribution < 1.29 is 14.0 Å². The Labute approximate surface area is 161 Å². The van der Waals surface area contributed by atoms with Gasteiger partial charge in [-0.2, -0.15) is 0 Å². The molecule has 2 heterocycles. The van der Waals surface area contributed by atoms with Crippen LogP contribution in [0.15, 0.2) is 83.5 Å². The number of aliphatic imine (C=N–C) groups is 1. The van der Waals surface area contributed by atoms with E-state index in [0.717, 1.165) is 5.57 Å². The Bertz CT molecular complexity index is 1030. The highest BCUT2D eigenvalue weighted by Crippen LogP contribution is 2.29. The maximum atomic E-state index is 13.3. The van der Waals surface area contributed by atoms with E-state index in [4.69, 9.17) is 0 Å². The lowest BCUT2D eigenvalue weighted by molar-refractivity contribution is -0.130. The van der Waals surface area contributed by atoms with E-state index >= 15 is 0 Å². The Balaban J connectivity index is 1.72. The number of nitrogens with one attached hydrogen (secondary N) is 1. The van der Waals surface area contributed by atoms with Crippen molar-refractivity contribution in [2.45, 2.75) is 19.0 Å². The van der Waals surface area contributed by atoms with Gasteiger partial charge in [-0.15, -0.1) is 0 Å². The van der Waals surface area contributed by atoms with Gasteiger partial charge in [0.25, 0.3) is 11.8 Å². The Morgan fingerprint density at radius 3 is 2.54 bits per heavy atom. The molecule has 2 aromatic rings. The quantitative estimate of drug-likeness (QED) is 0.892. The summed E-state index contributed by atoms with van der Waals surface area (Å²) < 4.78 is 13.3. The molecule has 2 amide bonds. The van der Waals surface area contributed by atoms with Crippen LogP contribution in [0.2, 0.25) is 0 Å². The largest absolute Gasteiger partial charge is 0.320 e. The minimum atomic E-state index is -1.49. The standard InChI is InChI=1S/C22H18FN3O2/c1-15-7-12-19-24-22(21(28)26(19)14-15,13-16-8-10-18(23)11-9-16)25-20(27)17-5-3-2-4-6-17/h2-12,14H,13H2,1H3,(H,25,27). The molecule has 1 N–H and O–H groups in total.